The van der Waals surface area contributed by atoms with E-state index in [2.05, 4.69) is 0 Å². The first kappa shape index (κ1) is 87.9. The van der Waals surface area contributed by atoms with Gasteiger partial charge in [0.25, 0.3) is 0 Å². The van der Waals surface area contributed by atoms with Crippen molar-refractivity contribution in [3.05, 3.63) is 0 Å². The Balaban J connectivity index is 0. The standard InChI is InChI=1S/3ClH.H3N.Pd/h3*1H;1H3;/q;;;;+2/p-2. The van der Waals surface area contributed by atoms with Crippen molar-refractivity contribution >= 4 is 0 Å². The quantitative estimate of drug-likeness (QED) is 0.402. The van der Waals surface area contributed by atoms with Crippen molar-refractivity contribution < 1.29 is 57.6 Å². The Labute approximate surface area is 63.7 Å². The summed E-state index contributed by atoms with van der Waals surface area (Å²) in [7, 11) is 0. The minimum Gasteiger partial charge on any atom is -1.00 e. The minimum atomic E-state index is 0. The van der Waals surface area contributed by atoms with Gasteiger partial charge in [-0.1, -0.05) is 0 Å². The van der Waals surface area contributed by atoms with Crippen LogP contribution in [0.5, 0.6) is 0 Å². The Bertz CT molecular complexity index is 6.85. The van der Waals surface area contributed by atoms with Gasteiger partial charge in [0.1, 0.15) is 0 Å². The first-order valence-corrected chi connectivity index (χ1v) is 0. The Morgan fingerprint density at radius 3 is 0.600 bits per heavy atom. The molecular formula is H4Cl3NPd. The molecule has 0 aliphatic heterocycles. The summed E-state index contributed by atoms with van der Waals surface area (Å²) in [5.74, 6) is 0. The van der Waals surface area contributed by atoms with E-state index in [1.165, 1.54) is 0 Å². The van der Waals surface area contributed by atoms with Crippen molar-refractivity contribution in [3.8, 4) is 0 Å². The monoisotopic (exact) mass is 229 g/mol. The Kier molecular flexibility index (Phi) is 875. The van der Waals surface area contributed by atoms with Crippen LogP contribution in [-0.2, 0) is 20.4 Å². The fraction of sp³-hybridized carbons (Fsp3) is 0. The second-order valence-electron chi connectivity index (χ2n) is 0. The molecule has 0 heterocycles. The summed E-state index contributed by atoms with van der Waals surface area (Å²) in [5.41, 5.74) is 0. The zero-order valence-corrected chi connectivity index (χ0v) is 6.27. The summed E-state index contributed by atoms with van der Waals surface area (Å²) >= 11 is 0. The van der Waals surface area contributed by atoms with Crippen molar-refractivity contribution in [1.82, 2.24) is 6.15 Å². The van der Waals surface area contributed by atoms with E-state index >= 15 is 0 Å². The summed E-state index contributed by atoms with van der Waals surface area (Å²) in [4.78, 5) is 0. The molecule has 0 aromatic heterocycles. The number of halogens is 3. The molecule has 0 aromatic carbocycles. The molecule has 0 aromatic rings. The third-order valence-electron chi connectivity index (χ3n) is 0. The molecule has 0 aliphatic carbocycles. The predicted octanol–water partition coefficient (Wildman–Crippen LogP) is -8.61. The maximum absolute atomic E-state index is 0. The van der Waals surface area contributed by atoms with Gasteiger partial charge in [-0.2, -0.15) is 0 Å². The second kappa shape index (κ2) is 49.8. The zero-order valence-electron chi connectivity index (χ0n) is 2.45. The van der Waals surface area contributed by atoms with Crippen LogP contribution in [0.2, 0.25) is 0 Å². The number of hydrogen-bond acceptors (Lipinski definition) is 0. The van der Waals surface area contributed by atoms with E-state index in [1.807, 2.05) is 0 Å². The van der Waals surface area contributed by atoms with Gasteiger partial charge in [-0.15, -0.1) is 0 Å². The Morgan fingerprint density at radius 2 is 0.600 bits per heavy atom. The maximum atomic E-state index is 0. The average Bonchev–Trinajstić information content (AvgIpc) is 0. The first-order valence-electron chi connectivity index (χ1n) is 0. The molecule has 0 unspecified atom stereocenters. The molecule has 0 bridgehead atoms. The summed E-state index contributed by atoms with van der Waals surface area (Å²) in [5, 5.41) is 0. The maximum Gasteiger partial charge on any atom is 2.00 e. The van der Waals surface area contributed by atoms with Gasteiger partial charge >= 0.3 is 20.4 Å². The minimum absolute atomic E-state index is 0. The average molecular weight is 231 g/mol. The van der Waals surface area contributed by atoms with Crippen LogP contribution >= 0.6 is 0 Å². The van der Waals surface area contributed by atoms with Gasteiger partial charge in [-0.25, -0.2) is 0 Å². The van der Waals surface area contributed by atoms with Crippen LogP contribution in [0, 0.1) is 0 Å². The van der Waals surface area contributed by atoms with Gasteiger partial charge in [0.05, 0.1) is 0 Å². The third-order valence-corrected chi connectivity index (χ3v) is 0. The van der Waals surface area contributed by atoms with E-state index in [-0.39, 0.29) is 63.8 Å². The third kappa shape index (κ3) is 30.1. The largest absolute Gasteiger partial charge is 2.00 e. The predicted molar refractivity (Wildman–Crippen MR) is 5.98 cm³/mol. The van der Waals surface area contributed by atoms with Crippen LogP contribution in [0.3, 0.4) is 0 Å². The van der Waals surface area contributed by atoms with Crippen LogP contribution < -0.4 is 43.4 Å². The topological polar surface area (TPSA) is 36.5 Å². The SMILES string of the molecule is [Cl-].[Cl-].[Cl-].[NH4+].[Pd+2]. The molecule has 0 saturated carbocycles. The van der Waals surface area contributed by atoms with Crippen molar-refractivity contribution in [1.29, 1.82) is 0 Å². The fourth-order valence-corrected chi connectivity index (χ4v) is 0. The molecular weight excluding hydrogens is 227 g/mol. The molecule has 1 nitrogen and oxygen atoms in total. The Hall–Kier alpha value is 1.49. The summed E-state index contributed by atoms with van der Waals surface area (Å²) in [6, 6.07) is 0. The molecule has 0 aliphatic rings. The normalized spacial score (nSPS) is 0. The van der Waals surface area contributed by atoms with Crippen LogP contribution in [0.25, 0.3) is 0 Å². The fourth-order valence-electron chi connectivity index (χ4n) is 0. The molecule has 0 spiro atoms. The van der Waals surface area contributed by atoms with E-state index < -0.39 is 0 Å². The van der Waals surface area contributed by atoms with E-state index in [0.717, 1.165) is 0 Å². The summed E-state index contributed by atoms with van der Waals surface area (Å²) in [6.07, 6.45) is 0. The van der Waals surface area contributed by atoms with Gasteiger partial charge in [-0.05, 0) is 0 Å². The second-order valence-corrected chi connectivity index (χ2v) is 0. The van der Waals surface area contributed by atoms with Crippen molar-refractivity contribution in [2.75, 3.05) is 0 Å². The molecule has 0 rings (SSSR count). The van der Waals surface area contributed by atoms with Gasteiger partial charge in [-0.3, -0.25) is 0 Å². The van der Waals surface area contributed by atoms with Crippen molar-refractivity contribution in [2.45, 2.75) is 0 Å². The van der Waals surface area contributed by atoms with Crippen LogP contribution in [0.1, 0.15) is 0 Å². The van der Waals surface area contributed by atoms with Crippen molar-refractivity contribution in [2.24, 2.45) is 0 Å². The van der Waals surface area contributed by atoms with Gasteiger partial charge in [0, 0.05) is 0 Å². The van der Waals surface area contributed by atoms with Gasteiger partial charge in [0.2, 0.25) is 0 Å². The van der Waals surface area contributed by atoms with Crippen LogP contribution in [-0.4, -0.2) is 0 Å². The first-order chi connectivity index (χ1) is 0. The Morgan fingerprint density at radius 1 is 0.600 bits per heavy atom. The molecule has 0 amide bonds. The molecule has 0 atom stereocenters. The van der Waals surface area contributed by atoms with Gasteiger partial charge < -0.3 is 43.4 Å². The molecule has 5 heteroatoms. The van der Waals surface area contributed by atoms with Gasteiger partial charge in [0.15, 0.2) is 0 Å². The van der Waals surface area contributed by atoms with E-state index in [0.29, 0.717) is 0 Å². The van der Waals surface area contributed by atoms with Crippen LogP contribution in [0.15, 0.2) is 0 Å². The van der Waals surface area contributed by atoms with E-state index in [1.54, 1.807) is 0 Å². The molecule has 5 heavy (non-hydrogen) atoms. The molecule has 0 fully saturated rings. The molecule has 0 saturated heterocycles. The zero-order chi connectivity index (χ0) is 0. The van der Waals surface area contributed by atoms with E-state index in [9.17, 15) is 0 Å². The smallest absolute Gasteiger partial charge is 1.00 e. The summed E-state index contributed by atoms with van der Waals surface area (Å²) < 4.78 is 0. The molecule has 4 N–H and O–H groups in total. The van der Waals surface area contributed by atoms with Crippen molar-refractivity contribution in [3.63, 3.8) is 0 Å². The number of hydrogen-bond donors (Lipinski definition) is 1. The number of quaternary nitrogens is 1. The van der Waals surface area contributed by atoms with E-state index in [4.69, 9.17) is 0 Å². The molecule has 0 radical (unpaired) electrons. The summed E-state index contributed by atoms with van der Waals surface area (Å²) in [6.45, 7) is 0. The molecule has 40 valence electrons. The van der Waals surface area contributed by atoms with Crippen LogP contribution in [0.4, 0.5) is 0 Å². The number of rotatable bonds is 0.